The average Bonchev–Trinajstić information content (AvgIpc) is 2.90. The van der Waals surface area contributed by atoms with E-state index in [1.54, 1.807) is 0 Å². The number of para-hydroxylation sites is 2. The van der Waals surface area contributed by atoms with Crippen molar-refractivity contribution in [1.82, 2.24) is 9.55 Å². The van der Waals surface area contributed by atoms with E-state index >= 15 is 0 Å². The SMILES string of the molecule is CCn1c(COc2cc(C)ccc2C(C)C)nc2ccccc21. The number of fused-ring (bicyclic) bond motifs is 1. The van der Waals surface area contributed by atoms with Crippen LogP contribution in [0.25, 0.3) is 11.0 Å². The molecule has 3 aromatic rings. The molecule has 0 aliphatic heterocycles. The highest BCUT2D eigenvalue weighted by atomic mass is 16.5. The lowest BCUT2D eigenvalue weighted by Crippen LogP contribution is -2.07. The first-order valence-corrected chi connectivity index (χ1v) is 8.27. The number of benzene rings is 2. The zero-order valence-corrected chi connectivity index (χ0v) is 14.3. The highest BCUT2D eigenvalue weighted by molar-refractivity contribution is 5.75. The molecular formula is C20H24N2O. The van der Waals surface area contributed by atoms with Crippen LogP contribution in [-0.2, 0) is 13.2 Å². The topological polar surface area (TPSA) is 27.1 Å². The van der Waals surface area contributed by atoms with Crippen LogP contribution in [0, 0.1) is 6.92 Å². The molecule has 3 rings (SSSR count). The molecule has 0 unspecified atom stereocenters. The third kappa shape index (κ3) is 3.09. The second kappa shape index (κ2) is 6.45. The molecule has 1 heterocycles. The number of nitrogens with zero attached hydrogens (tertiary/aromatic N) is 2. The molecule has 120 valence electrons. The standard InChI is InChI=1S/C20H24N2O/c1-5-22-18-9-7-6-8-17(18)21-20(22)13-23-19-12-15(4)10-11-16(19)14(2)3/h6-12,14H,5,13H2,1-4H3. The zero-order valence-electron chi connectivity index (χ0n) is 14.3. The summed E-state index contributed by atoms with van der Waals surface area (Å²) >= 11 is 0. The zero-order chi connectivity index (χ0) is 16.4. The molecule has 0 aliphatic carbocycles. The summed E-state index contributed by atoms with van der Waals surface area (Å²) in [6.45, 7) is 10.0. The lowest BCUT2D eigenvalue weighted by Gasteiger charge is -2.15. The largest absolute Gasteiger partial charge is 0.485 e. The number of hydrogen-bond acceptors (Lipinski definition) is 2. The molecule has 1 aromatic heterocycles. The van der Waals surface area contributed by atoms with Crippen molar-refractivity contribution in [3.8, 4) is 5.75 Å². The van der Waals surface area contributed by atoms with Gasteiger partial charge in [-0.25, -0.2) is 4.98 Å². The summed E-state index contributed by atoms with van der Waals surface area (Å²) in [7, 11) is 0. The van der Waals surface area contributed by atoms with E-state index in [-0.39, 0.29) is 0 Å². The van der Waals surface area contributed by atoms with E-state index < -0.39 is 0 Å². The van der Waals surface area contributed by atoms with Crippen molar-refractivity contribution < 1.29 is 4.74 Å². The quantitative estimate of drug-likeness (QED) is 0.658. The molecule has 0 amide bonds. The number of ether oxygens (including phenoxy) is 1. The van der Waals surface area contributed by atoms with Gasteiger partial charge in [-0.05, 0) is 49.1 Å². The molecule has 0 aliphatic rings. The van der Waals surface area contributed by atoms with E-state index in [1.165, 1.54) is 16.6 Å². The highest BCUT2D eigenvalue weighted by Crippen LogP contribution is 2.28. The molecule has 0 fully saturated rings. The highest BCUT2D eigenvalue weighted by Gasteiger charge is 2.12. The molecule has 0 saturated carbocycles. The van der Waals surface area contributed by atoms with Crippen LogP contribution in [-0.4, -0.2) is 9.55 Å². The van der Waals surface area contributed by atoms with Crippen molar-refractivity contribution in [3.63, 3.8) is 0 Å². The fraction of sp³-hybridized carbons (Fsp3) is 0.350. The van der Waals surface area contributed by atoms with Crippen LogP contribution in [0.3, 0.4) is 0 Å². The summed E-state index contributed by atoms with van der Waals surface area (Å²) in [6, 6.07) is 14.7. The van der Waals surface area contributed by atoms with E-state index in [0.717, 1.165) is 23.6 Å². The fourth-order valence-corrected chi connectivity index (χ4v) is 2.97. The first-order valence-electron chi connectivity index (χ1n) is 8.27. The summed E-state index contributed by atoms with van der Waals surface area (Å²) in [5.41, 5.74) is 4.66. The Balaban J connectivity index is 1.91. The number of aromatic nitrogens is 2. The molecule has 3 heteroatoms. The second-order valence-electron chi connectivity index (χ2n) is 6.25. The predicted molar refractivity (Wildman–Crippen MR) is 95.0 cm³/mol. The van der Waals surface area contributed by atoms with Gasteiger partial charge in [0.15, 0.2) is 0 Å². The van der Waals surface area contributed by atoms with E-state index in [0.29, 0.717) is 12.5 Å². The van der Waals surface area contributed by atoms with Crippen LogP contribution in [0.5, 0.6) is 5.75 Å². The van der Waals surface area contributed by atoms with Crippen LogP contribution in [0.1, 0.15) is 43.6 Å². The third-order valence-electron chi connectivity index (χ3n) is 4.20. The van der Waals surface area contributed by atoms with Crippen molar-refractivity contribution in [1.29, 1.82) is 0 Å². The molecule has 0 bridgehead atoms. The summed E-state index contributed by atoms with van der Waals surface area (Å²) in [5.74, 6) is 2.38. The lowest BCUT2D eigenvalue weighted by molar-refractivity contribution is 0.286. The van der Waals surface area contributed by atoms with E-state index in [1.807, 2.05) is 6.07 Å². The van der Waals surface area contributed by atoms with Gasteiger partial charge in [0, 0.05) is 6.54 Å². The number of rotatable bonds is 5. The monoisotopic (exact) mass is 308 g/mol. The minimum absolute atomic E-state index is 0.440. The Bertz CT molecular complexity index is 818. The Labute approximate surface area is 137 Å². The Hall–Kier alpha value is -2.29. The number of aryl methyl sites for hydroxylation is 2. The van der Waals surface area contributed by atoms with Gasteiger partial charge in [0.05, 0.1) is 11.0 Å². The lowest BCUT2D eigenvalue weighted by atomic mass is 10.0. The maximum Gasteiger partial charge on any atom is 0.147 e. The molecule has 0 radical (unpaired) electrons. The molecule has 0 spiro atoms. The molecule has 23 heavy (non-hydrogen) atoms. The van der Waals surface area contributed by atoms with Gasteiger partial charge < -0.3 is 9.30 Å². The first-order chi connectivity index (χ1) is 11.1. The minimum atomic E-state index is 0.440. The molecule has 0 saturated heterocycles. The van der Waals surface area contributed by atoms with E-state index in [2.05, 4.69) is 68.7 Å². The summed E-state index contributed by atoms with van der Waals surface area (Å²) in [6.07, 6.45) is 0. The van der Waals surface area contributed by atoms with Gasteiger partial charge in [-0.2, -0.15) is 0 Å². The van der Waals surface area contributed by atoms with Crippen molar-refractivity contribution in [2.45, 2.75) is 46.8 Å². The fourth-order valence-electron chi connectivity index (χ4n) is 2.97. The molecule has 3 nitrogen and oxygen atoms in total. The van der Waals surface area contributed by atoms with Crippen LogP contribution in [0.2, 0.25) is 0 Å². The van der Waals surface area contributed by atoms with Gasteiger partial charge in [0.1, 0.15) is 18.2 Å². The van der Waals surface area contributed by atoms with E-state index in [9.17, 15) is 0 Å². The summed E-state index contributed by atoms with van der Waals surface area (Å²) in [5, 5.41) is 0. The minimum Gasteiger partial charge on any atom is -0.485 e. The average molecular weight is 308 g/mol. The van der Waals surface area contributed by atoms with Crippen LogP contribution in [0.15, 0.2) is 42.5 Å². The van der Waals surface area contributed by atoms with Gasteiger partial charge in [-0.15, -0.1) is 0 Å². The van der Waals surface area contributed by atoms with Crippen LogP contribution < -0.4 is 4.74 Å². The molecule has 0 atom stereocenters. The van der Waals surface area contributed by atoms with Crippen molar-refractivity contribution in [2.75, 3.05) is 0 Å². The number of hydrogen-bond donors (Lipinski definition) is 0. The van der Waals surface area contributed by atoms with Crippen LogP contribution in [0.4, 0.5) is 0 Å². The normalized spacial score (nSPS) is 11.3. The Morgan fingerprint density at radius 3 is 2.65 bits per heavy atom. The molecule has 0 N–H and O–H groups in total. The van der Waals surface area contributed by atoms with Crippen molar-refractivity contribution in [2.24, 2.45) is 0 Å². The second-order valence-corrected chi connectivity index (χ2v) is 6.25. The van der Waals surface area contributed by atoms with Gasteiger partial charge in [0.2, 0.25) is 0 Å². The van der Waals surface area contributed by atoms with Crippen molar-refractivity contribution in [3.05, 3.63) is 59.4 Å². The van der Waals surface area contributed by atoms with Gasteiger partial charge in [0.25, 0.3) is 0 Å². The Kier molecular flexibility index (Phi) is 4.37. The first kappa shape index (κ1) is 15.6. The summed E-state index contributed by atoms with van der Waals surface area (Å²) in [4.78, 5) is 4.73. The molecule has 2 aromatic carbocycles. The van der Waals surface area contributed by atoms with E-state index in [4.69, 9.17) is 9.72 Å². The van der Waals surface area contributed by atoms with Crippen molar-refractivity contribution >= 4 is 11.0 Å². The van der Waals surface area contributed by atoms with Gasteiger partial charge in [-0.3, -0.25) is 0 Å². The molecular weight excluding hydrogens is 284 g/mol. The Morgan fingerprint density at radius 2 is 1.91 bits per heavy atom. The maximum atomic E-state index is 6.15. The third-order valence-corrected chi connectivity index (χ3v) is 4.20. The van der Waals surface area contributed by atoms with Gasteiger partial charge in [-0.1, -0.05) is 38.1 Å². The van der Waals surface area contributed by atoms with Crippen LogP contribution >= 0.6 is 0 Å². The number of imidazole rings is 1. The van der Waals surface area contributed by atoms with Gasteiger partial charge >= 0.3 is 0 Å². The maximum absolute atomic E-state index is 6.15. The predicted octanol–water partition coefficient (Wildman–Crippen LogP) is 5.07. The smallest absolute Gasteiger partial charge is 0.147 e. The summed E-state index contributed by atoms with van der Waals surface area (Å²) < 4.78 is 8.38. The Morgan fingerprint density at radius 1 is 1.13 bits per heavy atom.